The number of rotatable bonds is 4. The van der Waals surface area contributed by atoms with Crippen LogP contribution in [0, 0.1) is 18.8 Å². The topological polar surface area (TPSA) is 6.48 Å². The molecule has 4 heteroatoms. The van der Waals surface area contributed by atoms with Gasteiger partial charge in [0.2, 0.25) is 0 Å². The second kappa shape index (κ2) is 8.44. The van der Waals surface area contributed by atoms with Crippen LogP contribution in [0.15, 0.2) is 18.2 Å². The molecule has 23 heavy (non-hydrogen) atoms. The van der Waals surface area contributed by atoms with Gasteiger partial charge in [-0.2, -0.15) is 0 Å². The van der Waals surface area contributed by atoms with Gasteiger partial charge in [-0.25, -0.2) is 0 Å². The van der Waals surface area contributed by atoms with Crippen LogP contribution >= 0.6 is 11.6 Å². The molecule has 1 aromatic rings. The Hall–Kier alpha value is 0.0687. The third-order valence-corrected chi connectivity index (χ3v) is 10.1. The Bertz CT molecular complexity index is 506. The van der Waals surface area contributed by atoms with Crippen molar-refractivity contribution in [2.24, 2.45) is 11.8 Å². The van der Waals surface area contributed by atoms with Crippen molar-refractivity contribution in [1.29, 1.82) is 0 Å². The number of nitrogens with zero attached hydrogens (tertiary/aromatic N) is 2. The molecule has 0 unspecified atom stereocenters. The molecule has 1 saturated carbocycles. The summed E-state index contributed by atoms with van der Waals surface area (Å²) < 4.78 is 4.09. The predicted octanol–water partition coefficient (Wildman–Crippen LogP) is 4.56. The van der Waals surface area contributed by atoms with Crippen molar-refractivity contribution in [2.45, 2.75) is 46.0 Å². The second-order valence-corrected chi connectivity index (χ2v) is 11.4. The minimum absolute atomic E-state index is 0.451. The molecule has 0 spiro atoms. The van der Waals surface area contributed by atoms with Crippen molar-refractivity contribution in [3.05, 3.63) is 28.8 Å². The molecule has 0 N–H and O–H groups in total. The summed E-state index contributed by atoms with van der Waals surface area (Å²) in [6.07, 6.45) is 7.32. The normalized spacial score (nSPS) is 26.5. The molecule has 2 aliphatic rings. The van der Waals surface area contributed by atoms with Gasteiger partial charge in [0.1, 0.15) is 0 Å². The van der Waals surface area contributed by atoms with Gasteiger partial charge in [-0.15, -0.1) is 0 Å². The summed E-state index contributed by atoms with van der Waals surface area (Å²) in [6, 6.07) is 6.43. The van der Waals surface area contributed by atoms with Crippen molar-refractivity contribution >= 4 is 38.7 Å². The van der Waals surface area contributed by atoms with Crippen LogP contribution in [-0.4, -0.2) is 48.7 Å². The monoisotopic (exact) mass is 440 g/mol. The van der Waals surface area contributed by atoms with Gasteiger partial charge >= 0.3 is 157 Å². The Morgan fingerprint density at radius 2 is 1.96 bits per heavy atom. The van der Waals surface area contributed by atoms with Gasteiger partial charge in [0.15, 0.2) is 0 Å². The molecule has 2 fully saturated rings. The SMILES string of the molecule is Cc1cccc(N2CC[N](CCC3CCC(C)CC3)[Sn][CH2]2)c1Cl. The molecule has 0 bridgehead atoms. The van der Waals surface area contributed by atoms with E-state index in [1.807, 2.05) is 0 Å². The zero-order valence-electron chi connectivity index (χ0n) is 14.5. The Morgan fingerprint density at radius 3 is 2.65 bits per heavy atom. The van der Waals surface area contributed by atoms with Crippen LogP contribution in [-0.2, 0) is 0 Å². The average Bonchev–Trinajstić information content (AvgIpc) is 2.57. The van der Waals surface area contributed by atoms with Crippen LogP contribution in [0.1, 0.15) is 44.6 Å². The summed E-state index contributed by atoms with van der Waals surface area (Å²) in [6.45, 7) is 8.28. The molecular formula is C19H29ClN2Sn. The van der Waals surface area contributed by atoms with E-state index in [1.165, 1.54) is 61.0 Å². The molecule has 0 atom stereocenters. The fraction of sp³-hybridized carbons (Fsp3) is 0.684. The van der Waals surface area contributed by atoms with E-state index in [9.17, 15) is 0 Å². The number of anilines is 1. The van der Waals surface area contributed by atoms with E-state index < -0.39 is 21.4 Å². The Labute approximate surface area is 157 Å². The summed E-state index contributed by atoms with van der Waals surface area (Å²) in [5.41, 5.74) is 2.46. The van der Waals surface area contributed by atoms with E-state index in [0.717, 1.165) is 23.4 Å². The van der Waals surface area contributed by atoms with Gasteiger partial charge in [0.05, 0.1) is 0 Å². The first-order valence-corrected chi connectivity index (χ1v) is 12.8. The number of hydrogen-bond donors (Lipinski definition) is 0. The number of aryl methyl sites for hydroxylation is 1. The third kappa shape index (κ3) is 4.79. The molecule has 0 aromatic heterocycles. The maximum absolute atomic E-state index is 6.50. The van der Waals surface area contributed by atoms with Crippen LogP contribution in [0.2, 0.25) is 5.02 Å². The fourth-order valence-electron chi connectivity index (χ4n) is 3.81. The van der Waals surface area contributed by atoms with Crippen LogP contribution in [0.3, 0.4) is 0 Å². The Kier molecular flexibility index (Phi) is 6.56. The van der Waals surface area contributed by atoms with E-state index in [4.69, 9.17) is 11.6 Å². The third-order valence-electron chi connectivity index (χ3n) is 5.58. The van der Waals surface area contributed by atoms with Crippen molar-refractivity contribution < 1.29 is 0 Å². The molecule has 2 radical (unpaired) electrons. The number of halogens is 1. The van der Waals surface area contributed by atoms with E-state index >= 15 is 0 Å². The first-order chi connectivity index (χ1) is 11.1. The molecule has 2 nitrogen and oxygen atoms in total. The zero-order chi connectivity index (χ0) is 16.2. The molecule has 1 aromatic carbocycles. The van der Waals surface area contributed by atoms with Crippen LogP contribution in [0.4, 0.5) is 5.69 Å². The predicted molar refractivity (Wildman–Crippen MR) is 101 cm³/mol. The maximum atomic E-state index is 6.50. The Balaban J connectivity index is 1.44. The summed E-state index contributed by atoms with van der Waals surface area (Å²) >= 11 is 6.05. The van der Waals surface area contributed by atoms with Gasteiger partial charge in [-0.1, -0.05) is 0 Å². The van der Waals surface area contributed by atoms with Crippen molar-refractivity contribution in [3.63, 3.8) is 0 Å². The standard InChI is InChI=1S/C19H29ClN2.Sn/c1-15-7-9-17(10-8-15)11-12-21-13-14-22(3)18-6-4-5-16(2)19(18)20;/h4-6,15,17H,3,7-14H2,1-2H3;/q-1;+1. The van der Waals surface area contributed by atoms with E-state index in [1.54, 1.807) is 0 Å². The quantitative estimate of drug-likeness (QED) is 0.635. The van der Waals surface area contributed by atoms with Gasteiger partial charge in [0, 0.05) is 0 Å². The summed E-state index contributed by atoms with van der Waals surface area (Å²) in [7, 11) is 0. The number of hydrogen-bond acceptors (Lipinski definition) is 2. The van der Waals surface area contributed by atoms with Crippen LogP contribution < -0.4 is 4.90 Å². The molecule has 1 aliphatic heterocycles. The molecule has 1 aliphatic carbocycles. The molecule has 0 amide bonds. The van der Waals surface area contributed by atoms with Gasteiger partial charge < -0.3 is 0 Å². The molecule has 3 rings (SSSR count). The van der Waals surface area contributed by atoms with Gasteiger partial charge in [-0.3, -0.25) is 0 Å². The average molecular weight is 440 g/mol. The van der Waals surface area contributed by atoms with Gasteiger partial charge in [0.25, 0.3) is 0 Å². The van der Waals surface area contributed by atoms with Crippen molar-refractivity contribution in [3.8, 4) is 0 Å². The second-order valence-electron chi connectivity index (χ2n) is 7.39. The molecule has 126 valence electrons. The van der Waals surface area contributed by atoms with E-state index in [0.29, 0.717) is 0 Å². The molecule has 1 heterocycles. The minimum atomic E-state index is -0.451. The first kappa shape index (κ1) is 17.9. The molecular weight excluding hydrogens is 410 g/mol. The zero-order valence-corrected chi connectivity index (χ0v) is 18.1. The van der Waals surface area contributed by atoms with Gasteiger partial charge in [-0.05, 0) is 0 Å². The van der Waals surface area contributed by atoms with Crippen molar-refractivity contribution in [1.82, 2.24) is 3.12 Å². The van der Waals surface area contributed by atoms with Crippen LogP contribution in [0.25, 0.3) is 0 Å². The summed E-state index contributed by atoms with van der Waals surface area (Å²) in [4.78, 5) is 2.53. The van der Waals surface area contributed by atoms with E-state index in [2.05, 4.69) is 40.1 Å². The first-order valence-electron chi connectivity index (χ1n) is 9.12. The van der Waals surface area contributed by atoms with E-state index in [-0.39, 0.29) is 0 Å². The Morgan fingerprint density at radius 1 is 1.17 bits per heavy atom. The van der Waals surface area contributed by atoms with Crippen molar-refractivity contribution in [2.75, 3.05) is 29.1 Å². The molecule has 1 saturated heterocycles. The van der Waals surface area contributed by atoms with Crippen LogP contribution in [0.5, 0.6) is 0 Å². The summed E-state index contributed by atoms with van der Waals surface area (Å²) in [5.74, 6) is 1.99. The number of benzene rings is 1. The summed E-state index contributed by atoms with van der Waals surface area (Å²) in [5, 5.41) is 0.955. The fourth-order valence-corrected chi connectivity index (χ4v) is 7.61.